The van der Waals surface area contributed by atoms with E-state index in [1.54, 1.807) is 25.3 Å². The number of pyridine rings is 1. The maximum atomic E-state index is 13.4. The van der Waals surface area contributed by atoms with Gasteiger partial charge in [-0.3, -0.25) is 4.79 Å². The van der Waals surface area contributed by atoms with E-state index in [1.165, 1.54) is 18.3 Å². The molecule has 142 valence electrons. The molecule has 0 radical (unpaired) electrons. The molecule has 1 aromatic carbocycles. The molecule has 0 unspecified atom stereocenters. The van der Waals surface area contributed by atoms with Crippen LogP contribution < -0.4 is 10.1 Å². The molecule has 0 saturated heterocycles. The average molecular weight is 372 g/mol. The zero-order chi connectivity index (χ0) is 19.2. The van der Waals surface area contributed by atoms with Crippen LogP contribution in [0, 0.1) is 5.82 Å². The van der Waals surface area contributed by atoms with Gasteiger partial charge in [-0.05, 0) is 24.3 Å². The van der Waals surface area contributed by atoms with Gasteiger partial charge in [0, 0.05) is 39.4 Å². The SMILES string of the molecule is COCCOc1ccc(C(=O)NCCc2nc3ccc(F)cc3n2C)cn1. The molecule has 2 aromatic heterocycles. The van der Waals surface area contributed by atoms with Crippen LogP contribution in [0.25, 0.3) is 11.0 Å². The van der Waals surface area contributed by atoms with Crippen molar-refractivity contribution in [2.24, 2.45) is 7.05 Å². The molecule has 3 aromatic rings. The molecule has 1 amide bonds. The maximum absolute atomic E-state index is 13.4. The Morgan fingerprint density at radius 2 is 2.11 bits per heavy atom. The molecule has 8 heteroatoms. The first-order valence-electron chi connectivity index (χ1n) is 8.55. The number of methoxy groups -OCH3 is 1. The smallest absolute Gasteiger partial charge is 0.252 e. The molecule has 0 spiro atoms. The standard InChI is InChI=1S/C19H21FN4O3/c1-24-16-11-14(20)4-5-15(16)23-17(24)7-8-21-19(25)13-3-6-18(22-12-13)27-10-9-26-2/h3-6,11-12H,7-10H2,1-2H3,(H,21,25). The van der Waals surface area contributed by atoms with Gasteiger partial charge < -0.3 is 19.4 Å². The van der Waals surface area contributed by atoms with Gasteiger partial charge in [0.05, 0.1) is 23.2 Å². The topological polar surface area (TPSA) is 78.3 Å². The molecule has 0 saturated carbocycles. The molecule has 0 atom stereocenters. The number of nitrogens with zero attached hydrogens (tertiary/aromatic N) is 3. The lowest BCUT2D eigenvalue weighted by Crippen LogP contribution is -2.26. The summed E-state index contributed by atoms with van der Waals surface area (Å²) < 4.78 is 25.5. The molecule has 0 aliphatic heterocycles. The Morgan fingerprint density at radius 3 is 2.85 bits per heavy atom. The first-order chi connectivity index (χ1) is 13.1. The quantitative estimate of drug-likeness (QED) is 0.613. The number of amides is 1. The third kappa shape index (κ3) is 4.59. The number of hydrogen-bond acceptors (Lipinski definition) is 5. The number of carbonyl (C=O) groups excluding carboxylic acids is 1. The fourth-order valence-electron chi connectivity index (χ4n) is 2.66. The van der Waals surface area contributed by atoms with Crippen molar-refractivity contribution in [2.75, 3.05) is 26.9 Å². The molecule has 0 aliphatic carbocycles. The molecule has 0 fully saturated rings. The zero-order valence-electron chi connectivity index (χ0n) is 15.2. The summed E-state index contributed by atoms with van der Waals surface area (Å²) in [5.41, 5.74) is 1.90. The van der Waals surface area contributed by atoms with E-state index in [2.05, 4.69) is 15.3 Å². The van der Waals surface area contributed by atoms with Gasteiger partial charge in [0.2, 0.25) is 5.88 Å². The largest absolute Gasteiger partial charge is 0.475 e. The molecule has 0 aliphatic rings. The Labute approximate surface area is 156 Å². The second kappa shape index (κ2) is 8.59. The number of nitrogens with one attached hydrogen (secondary N) is 1. The summed E-state index contributed by atoms with van der Waals surface area (Å²) >= 11 is 0. The van der Waals surface area contributed by atoms with Crippen LogP contribution in [0.4, 0.5) is 4.39 Å². The van der Waals surface area contributed by atoms with Crippen molar-refractivity contribution in [3.63, 3.8) is 0 Å². The third-order valence-corrected chi connectivity index (χ3v) is 4.11. The van der Waals surface area contributed by atoms with Crippen molar-refractivity contribution in [3.8, 4) is 5.88 Å². The first-order valence-corrected chi connectivity index (χ1v) is 8.55. The predicted octanol–water partition coefficient (Wildman–Crippen LogP) is 2.11. The van der Waals surface area contributed by atoms with Gasteiger partial charge in [0.15, 0.2) is 0 Å². The summed E-state index contributed by atoms with van der Waals surface area (Å²) in [5.74, 6) is 0.690. The third-order valence-electron chi connectivity index (χ3n) is 4.11. The van der Waals surface area contributed by atoms with Gasteiger partial charge in [0.25, 0.3) is 5.91 Å². The lowest BCUT2D eigenvalue weighted by atomic mass is 10.2. The Hall–Kier alpha value is -3.00. The minimum absolute atomic E-state index is 0.226. The zero-order valence-corrected chi connectivity index (χ0v) is 15.2. The van der Waals surface area contributed by atoms with Gasteiger partial charge in [-0.15, -0.1) is 0 Å². The van der Waals surface area contributed by atoms with Gasteiger partial charge in [-0.25, -0.2) is 14.4 Å². The van der Waals surface area contributed by atoms with Crippen LogP contribution in [0.3, 0.4) is 0 Å². The van der Waals surface area contributed by atoms with Crippen LogP contribution in [-0.4, -0.2) is 47.3 Å². The number of aromatic nitrogens is 3. The van der Waals surface area contributed by atoms with E-state index in [9.17, 15) is 9.18 Å². The van der Waals surface area contributed by atoms with Crippen LogP contribution in [0.5, 0.6) is 5.88 Å². The van der Waals surface area contributed by atoms with Crippen LogP contribution >= 0.6 is 0 Å². The highest BCUT2D eigenvalue weighted by Crippen LogP contribution is 2.16. The monoisotopic (exact) mass is 372 g/mol. The molecule has 3 rings (SSSR count). The highest BCUT2D eigenvalue weighted by atomic mass is 19.1. The number of hydrogen-bond donors (Lipinski definition) is 1. The average Bonchev–Trinajstić information content (AvgIpc) is 2.98. The highest BCUT2D eigenvalue weighted by Gasteiger charge is 2.10. The molecule has 27 heavy (non-hydrogen) atoms. The lowest BCUT2D eigenvalue weighted by molar-refractivity contribution is 0.0953. The van der Waals surface area contributed by atoms with Crippen LogP contribution in [0.1, 0.15) is 16.2 Å². The molecule has 7 nitrogen and oxygen atoms in total. The number of rotatable bonds is 8. The van der Waals surface area contributed by atoms with E-state index in [0.29, 0.717) is 37.6 Å². The second-order valence-electron chi connectivity index (χ2n) is 5.95. The maximum Gasteiger partial charge on any atom is 0.252 e. The predicted molar refractivity (Wildman–Crippen MR) is 98.3 cm³/mol. The summed E-state index contributed by atoms with van der Waals surface area (Å²) in [6.07, 6.45) is 2.00. The Balaban J connectivity index is 1.54. The number of fused-ring (bicyclic) bond motifs is 1. The summed E-state index contributed by atoms with van der Waals surface area (Å²) in [4.78, 5) is 20.8. The summed E-state index contributed by atoms with van der Waals surface area (Å²) in [6, 6.07) is 7.78. The van der Waals surface area contributed by atoms with Crippen LogP contribution in [0.15, 0.2) is 36.5 Å². The van der Waals surface area contributed by atoms with Gasteiger partial charge >= 0.3 is 0 Å². The number of carbonyl (C=O) groups is 1. The summed E-state index contributed by atoms with van der Waals surface area (Å²) in [5, 5.41) is 2.83. The summed E-state index contributed by atoms with van der Waals surface area (Å²) in [7, 11) is 3.42. The Kier molecular flexibility index (Phi) is 5.97. The van der Waals surface area contributed by atoms with E-state index < -0.39 is 0 Å². The van der Waals surface area contributed by atoms with Crippen molar-refractivity contribution in [1.82, 2.24) is 19.9 Å². The fourth-order valence-corrected chi connectivity index (χ4v) is 2.66. The van der Waals surface area contributed by atoms with Gasteiger partial charge in [-0.2, -0.15) is 0 Å². The molecule has 0 bridgehead atoms. The van der Waals surface area contributed by atoms with Crippen LogP contribution in [-0.2, 0) is 18.2 Å². The fraction of sp³-hybridized carbons (Fsp3) is 0.316. The highest BCUT2D eigenvalue weighted by molar-refractivity contribution is 5.93. The van der Waals surface area contributed by atoms with E-state index in [-0.39, 0.29) is 11.7 Å². The minimum Gasteiger partial charge on any atom is -0.475 e. The second-order valence-corrected chi connectivity index (χ2v) is 5.95. The Bertz CT molecular complexity index is 925. The van der Waals surface area contributed by atoms with Crippen molar-refractivity contribution >= 4 is 16.9 Å². The van der Waals surface area contributed by atoms with Gasteiger partial charge in [-0.1, -0.05) is 0 Å². The lowest BCUT2D eigenvalue weighted by Gasteiger charge is -2.07. The normalized spacial score (nSPS) is 10.9. The van der Waals surface area contributed by atoms with E-state index in [1.807, 2.05) is 11.6 Å². The van der Waals surface area contributed by atoms with E-state index in [4.69, 9.17) is 9.47 Å². The number of imidazole rings is 1. The van der Waals surface area contributed by atoms with Crippen molar-refractivity contribution < 1.29 is 18.7 Å². The van der Waals surface area contributed by atoms with Gasteiger partial charge in [0.1, 0.15) is 18.2 Å². The van der Waals surface area contributed by atoms with E-state index in [0.717, 1.165) is 16.9 Å². The van der Waals surface area contributed by atoms with Crippen molar-refractivity contribution in [1.29, 1.82) is 0 Å². The minimum atomic E-state index is -0.299. The number of benzene rings is 1. The molecule has 1 N–H and O–H groups in total. The number of halogens is 1. The molecular formula is C19H21FN4O3. The number of ether oxygens (including phenoxy) is 2. The first kappa shape index (κ1) is 18.8. The molecule has 2 heterocycles. The van der Waals surface area contributed by atoms with Crippen LogP contribution in [0.2, 0.25) is 0 Å². The Morgan fingerprint density at radius 1 is 1.26 bits per heavy atom. The van der Waals surface area contributed by atoms with Crippen molar-refractivity contribution in [3.05, 3.63) is 53.7 Å². The summed E-state index contributed by atoms with van der Waals surface area (Å²) in [6.45, 7) is 1.28. The number of aryl methyl sites for hydroxylation is 1. The van der Waals surface area contributed by atoms with E-state index >= 15 is 0 Å². The molecular weight excluding hydrogens is 351 g/mol. The van der Waals surface area contributed by atoms with Crippen molar-refractivity contribution in [2.45, 2.75) is 6.42 Å².